The van der Waals surface area contributed by atoms with Crippen molar-refractivity contribution in [2.45, 2.75) is 13.8 Å². The van der Waals surface area contributed by atoms with Crippen molar-refractivity contribution in [3.05, 3.63) is 0 Å². The molecular weight excluding hydrogens is 146 g/mol. The van der Waals surface area contributed by atoms with Gasteiger partial charge in [-0.2, -0.15) is 0 Å². The van der Waals surface area contributed by atoms with Gasteiger partial charge in [0.05, 0.1) is 6.54 Å². The average molecular weight is 159 g/mol. The molecule has 4 N–H and O–H groups in total. The molecule has 2 amide bonds. The van der Waals surface area contributed by atoms with Gasteiger partial charge in [-0.15, -0.1) is 0 Å². The Kier molecular flexibility index (Phi) is 4.21. The highest BCUT2D eigenvalue weighted by Gasteiger charge is 2.06. The number of rotatable bonds is 2. The van der Waals surface area contributed by atoms with Gasteiger partial charge in [-0.1, -0.05) is 13.8 Å². The minimum absolute atomic E-state index is 0.127. The lowest BCUT2D eigenvalue weighted by Gasteiger charge is -2.07. The van der Waals surface area contributed by atoms with Gasteiger partial charge < -0.3 is 5.73 Å². The zero-order chi connectivity index (χ0) is 8.85. The molecule has 5 nitrogen and oxygen atoms in total. The van der Waals surface area contributed by atoms with E-state index in [1.165, 1.54) is 0 Å². The van der Waals surface area contributed by atoms with Crippen molar-refractivity contribution in [1.29, 1.82) is 0 Å². The van der Waals surface area contributed by atoms with Crippen LogP contribution in [0.25, 0.3) is 0 Å². The maximum atomic E-state index is 10.8. The summed E-state index contributed by atoms with van der Waals surface area (Å²) in [6, 6.07) is 0. The number of hydrazine groups is 1. The molecule has 0 fully saturated rings. The molecule has 0 aliphatic heterocycles. The van der Waals surface area contributed by atoms with Gasteiger partial charge in [-0.05, 0) is 0 Å². The van der Waals surface area contributed by atoms with Gasteiger partial charge in [0.1, 0.15) is 0 Å². The number of amides is 2. The van der Waals surface area contributed by atoms with Gasteiger partial charge in [0.15, 0.2) is 0 Å². The second kappa shape index (κ2) is 4.68. The summed E-state index contributed by atoms with van der Waals surface area (Å²) >= 11 is 0. The monoisotopic (exact) mass is 159 g/mol. The van der Waals surface area contributed by atoms with Gasteiger partial charge in [0, 0.05) is 5.92 Å². The van der Waals surface area contributed by atoms with Crippen LogP contribution in [0.1, 0.15) is 13.8 Å². The molecule has 0 unspecified atom stereocenters. The first-order chi connectivity index (χ1) is 5.07. The topological polar surface area (TPSA) is 84.2 Å². The first-order valence-electron chi connectivity index (χ1n) is 3.36. The highest BCUT2D eigenvalue weighted by Crippen LogP contribution is 1.87. The van der Waals surface area contributed by atoms with Crippen molar-refractivity contribution in [3.63, 3.8) is 0 Å². The smallest absolute Gasteiger partial charge is 0.252 e. The van der Waals surface area contributed by atoms with Crippen molar-refractivity contribution in [2.24, 2.45) is 11.7 Å². The van der Waals surface area contributed by atoms with Gasteiger partial charge in [-0.3, -0.25) is 20.4 Å². The molecule has 0 saturated heterocycles. The highest BCUT2D eigenvalue weighted by molar-refractivity contribution is 5.83. The first kappa shape index (κ1) is 9.90. The number of carbonyl (C=O) groups excluding carboxylic acids is 2. The maximum Gasteiger partial charge on any atom is 0.252 e. The molecule has 0 aromatic carbocycles. The Balaban J connectivity index is 3.54. The van der Waals surface area contributed by atoms with E-state index in [9.17, 15) is 9.59 Å². The molecule has 0 aromatic rings. The van der Waals surface area contributed by atoms with Crippen LogP contribution in [-0.2, 0) is 9.59 Å². The summed E-state index contributed by atoms with van der Waals surface area (Å²) in [5.41, 5.74) is 9.34. The van der Waals surface area contributed by atoms with E-state index in [0.29, 0.717) is 0 Å². The number of nitrogens with one attached hydrogen (secondary N) is 2. The Hall–Kier alpha value is -1.10. The van der Waals surface area contributed by atoms with Crippen molar-refractivity contribution < 1.29 is 9.59 Å². The second-order valence-corrected chi connectivity index (χ2v) is 2.40. The predicted molar refractivity (Wildman–Crippen MR) is 40.2 cm³/mol. The van der Waals surface area contributed by atoms with Crippen LogP contribution in [0.4, 0.5) is 0 Å². The van der Waals surface area contributed by atoms with Crippen LogP contribution >= 0.6 is 0 Å². The fourth-order valence-electron chi connectivity index (χ4n) is 0.327. The third kappa shape index (κ3) is 4.32. The number of carbonyl (C=O) groups is 2. The van der Waals surface area contributed by atoms with Gasteiger partial charge >= 0.3 is 0 Å². The molecule has 5 heteroatoms. The standard InChI is InChI=1S/C6H13N3O2/c1-4(2)6(11)9-8-5(10)3-7/h4H,3,7H2,1-2H3,(H,8,10)(H,9,11). The molecule has 0 radical (unpaired) electrons. The zero-order valence-electron chi connectivity index (χ0n) is 6.68. The van der Waals surface area contributed by atoms with Crippen molar-refractivity contribution in [1.82, 2.24) is 10.9 Å². The summed E-state index contributed by atoms with van der Waals surface area (Å²) < 4.78 is 0. The number of hydrogen-bond acceptors (Lipinski definition) is 3. The lowest BCUT2D eigenvalue weighted by Crippen LogP contribution is -2.45. The molecule has 0 aromatic heterocycles. The lowest BCUT2D eigenvalue weighted by molar-refractivity contribution is -0.130. The van der Waals surface area contributed by atoms with Crippen molar-refractivity contribution in [3.8, 4) is 0 Å². The average Bonchev–Trinajstić information content (AvgIpc) is 1.99. The predicted octanol–water partition coefficient (Wildman–Crippen LogP) is -1.25. The van der Waals surface area contributed by atoms with Gasteiger partial charge in [-0.25, -0.2) is 0 Å². The Morgan fingerprint density at radius 2 is 1.91 bits per heavy atom. The van der Waals surface area contributed by atoms with E-state index in [1.54, 1.807) is 13.8 Å². The van der Waals surface area contributed by atoms with Crippen LogP contribution in [0.5, 0.6) is 0 Å². The van der Waals surface area contributed by atoms with Gasteiger partial charge in [0.25, 0.3) is 5.91 Å². The molecule has 0 rings (SSSR count). The normalized spacial score (nSPS) is 9.45. The quantitative estimate of drug-likeness (QED) is 0.440. The van der Waals surface area contributed by atoms with E-state index in [2.05, 4.69) is 10.9 Å². The Morgan fingerprint density at radius 1 is 1.36 bits per heavy atom. The van der Waals surface area contributed by atoms with Gasteiger partial charge in [0.2, 0.25) is 5.91 Å². The molecule has 64 valence electrons. The molecule has 11 heavy (non-hydrogen) atoms. The summed E-state index contributed by atoms with van der Waals surface area (Å²) in [6.45, 7) is 3.33. The van der Waals surface area contributed by atoms with E-state index >= 15 is 0 Å². The molecule has 0 atom stereocenters. The van der Waals surface area contributed by atoms with E-state index in [1.807, 2.05) is 0 Å². The molecule has 0 aliphatic rings. The summed E-state index contributed by atoms with van der Waals surface area (Å²) in [5, 5.41) is 0. The largest absolute Gasteiger partial charge is 0.322 e. The molecular formula is C6H13N3O2. The van der Waals surface area contributed by atoms with Crippen molar-refractivity contribution in [2.75, 3.05) is 6.54 Å². The second-order valence-electron chi connectivity index (χ2n) is 2.40. The minimum atomic E-state index is -0.404. The minimum Gasteiger partial charge on any atom is -0.322 e. The number of hydrogen-bond donors (Lipinski definition) is 3. The summed E-state index contributed by atoms with van der Waals surface area (Å²) in [4.78, 5) is 21.3. The molecule has 0 heterocycles. The van der Waals surface area contributed by atoms with E-state index in [0.717, 1.165) is 0 Å². The molecule has 0 bridgehead atoms. The zero-order valence-corrected chi connectivity index (χ0v) is 6.68. The summed E-state index contributed by atoms with van der Waals surface area (Å²) in [7, 11) is 0. The van der Waals surface area contributed by atoms with Crippen LogP contribution in [-0.4, -0.2) is 18.4 Å². The van der Waals surface area contributed by atoms with Crippen molar-refractivity contribution >= 4 is 11.8 Å². The number of nitrogens with two attached hydrogens (primary N) is 1. The van der Waals surface area contributed by atoms with Crippen LogP contribution < -0.4 is 16.6 Å². The molecule has 0 aliphatic carbocycles. The summed E-state index contributed by atoms with van der Waals surface area (Å²) in [5.74, 6) is -0.779. The lowest BCUT2D eigenvalue weighted by atomic mass is 10.2. The Bertz CT molecular complexity index is 156. The van der Waals surface area contributed by atoms with E-state index in [-0.39, 0.29) is 18.4 Å². The molecule has 0 saturated carbocycles. The fourth-order valence-corrected chi connectivity index (χ4v) is 0.327. The van der Waals surface area contributed by atoms with E-state index < -0.39 is 5.91 Å². The summed E-state index contributed by atoms with van der Waals surface area (Å²) in [6.07, 6.45) is 0. The first-order valence-corrected chi connectivity index (χ1v) is 3.36. The van der Waals surface area contributed by atoms with Crippen LogP contribution in [0.3, 0.4) is 0 Å². The Labute approximate surface area is 65.3 Å². The molecule has 0 spiro atoms. The Morgan fingerprint density at radius 3 is 2.27 bits per heavy atom. The highest BCUT2D eigenvalue weighted by atomic mass is 16.2. The SMILES string of the molecule is CC(C)C(=O)NNC(=O)CN. The third-order valence-electron chi connectivity index (χ3n) is 1.03. The fraction of sp³-hybridized carbons (Fsp3) is 0.667. The van der Waals surface area contributed by atoms with E-state index in [4.69, 9.17) is 5.73 Å². The van der Waals surface area contributed by atoms with Crippen LogP contribution in [0.2, 0.25) is 0 Å². The maximum absolute atomic E-state index is 10.8. The third-order valence-corrected chi connectivity index (χ3v) is 1.03. The van der Waals surface area contributed by atoms with Crippen LogP contribution in [0.15, 0.2) is 0 Å². The van der Waals surface area contributed by atoms with Crippen LogP contribution in [0, 0.1) is 5.92 Å².